The zero-order valence-corrected chi connectivity index (χ0v) is 13.7. The molecule has 0 atom stereocenters. The Kier molecular flexibility index (Phi) is 3.62. The highest BCUT2D eigenvalue weighted by Crippen LogP contribution is 2.36. The number of aromatic amines is 1. The molecule has 2 heterocycles. The lowest BCUT2D eigenvalue weighted by atomic mass is 9.95. The number of nitrogens with zero attached hydrogens (tertiary/aromatic N) is 1. The Morgan fingerprint density at radius 2 is 2.00 bits per heavy atom. The van der Waals surface area contributed by atoms with Crippen molar-refractivity contribution in [2.75, 3.05) is 0 Å². The maximum Gasteiger partial charge on any atom is 0.274 e. The Hall–Kier alpha value is -2.37. The van der Waals surface area contributed by atoms with Crippen molar-refractivity contribution in [1.29, 1.82) is 0 Å². The van der Waals surface area contributed by atoms with Crippen molar-refractivity contribution in [2.45, 2.75) is 38.1 Å². The second-order valence-corrected chi connectivity index (χ2v) is 7.42. The molecule has 0 saturated heterocycles. The van der Waals surface area contributed by atoms with E-state index in [-0.39, 0.29) is 21.8 Å². The van der Waals surface area contributed by atoms with Gasteiger partial charge in [-0.3, -0.25) is 9.48 Å². The van der Waals surface area contributed by atoms with Gasteiger partial charge in [0.05, 0.1) is 10.5 Å². The molecule has 3 rings (SSSR count). The normalized spacial score (nSPS) is 16.0. The summed E-state index contributed by atoms with van der Waals surface area (Å²) in [5.74, 6) is 1.54. The van der Waals surface area contributed by atoms with Gasteiger partial charge in [0.2, 0.25) is 9.84 Å². The van der Waals surface area contributed by atoms with Crippen LogP contribution in [0, 0.1) is 6.92 Å². The lowest BCUT2D eigenvalue weighted by Gasteiger charge is -2.20. The van der Waals surface area contributed by atoms with Crippen LogP contribution in [-0.2, 0) is 27.6 Å². The smallest absolute Gasteiger partial charge is 0.274 e. The molecule has 23 heavy (non-hydrogen) atoms. The number of sulfone groups is 1. The van der Waals surface area contributed by atoms with Gasteiger partial charge in [0.1, 0.15) is 10.8 Å². The van der Waals surface area contributed by atoms with Crippen LogP contribution in [0.25, 0.3) is 11.1 Å². The summed E-state index contributed by atoms with van der Waals surface area (Å²) in [6, 6.07) is 3.11. The van der Waals surface area contributed by atoms with Crippen LogP contribution in [0.4, 0.5) is 0 Å². The van der Waals surface area contributed by atoms with E-state index in [9.17, 15) is 18.0 Å². The number of fused-ring (bicyclic) bond motifs is 1. The molecule has 0 spiro atoms. The number of carbonyl (C=O) groups excluding carboxylic acids is 1. The quantitative estimate of drug-likeness (QED) is 0.846. The Labute approximate surface area is 133 Å². The second kappa shape index (κ2) is 5.37. The first-order valence-electron chi connectivity index (χ1n) is 7.32. The molecule has 0 radical (unpaired) electrons. The number of aromatic nitrogens is 2. The van der Waals surface area contributed by atoms with Crippen LogP contribution in [0.5, 0.6) is 0 Å². The highest BCUT2D eigenvalue weighted by Gasteiger charge is 2.31. The Bertz CT molecular complexity index is 1010. The number of hydrogen-bond donors (Lipinski definition) is 1. The third-order valence-corrected chi connectivity index (χ3v) is 6.23. The summed E-state index contributed by atoms with van der Waals surface area (Å²) in [7, 11) is -3.76. The topological polar surface area (TPSA) is 89.0 Å². The molecule has 0 amide bonds. The summed E-state index contributed by atoms with van der Waals surface area (Å²) in [6.45, 7) is 4.20. The van der Waals surface area contributed by atoms with Gasteiger partial charge in [0.25, 0.3) is 5.56 Å². The van der Waals surface area contributed by atoms with Gasteiger partial charge >= 0.3 is 0 Å². The third-order valence-electron chi connectivity index (χ3n) is 4.33. The van der Waals surface area contributed by atoms with Crippen LogP contribution in [0.1, 0.15) is 24.5 Å². The molecule has 1 aromatic carbocycles. The van der Waals surface area contributed by atoms with Gasteiger partial charge in [-0.25, -0.2) is 13.2 Å². The largest absolute Gasteiger partial charge is 0.302 e. The fraction of sp³-hybridized carbons (Fsp3) is 0.312. The molecule has 0 saturated carbocycles. The minimum atomic E-state index is -3.76. The van der Waals surface area contributed by atoms with Crippen LogP contribution in [0.3, 0.4) is 0 Å². The number of allylic oxidation sites excluding steroid dienone is 1. The van der Waals surface area contributed by atoms with Crippen LogP contribution in [0.15, 0.2) is 32.9 Å². The predicted octanol–water partition coefficient (Wildman–Crippen LogP) is 1.61. The SMILES string of the molecule is CCn1[nH]cc(-c2ccc3c(c2C)CCC(=C=O)S3(=O)=O)c1=O. The molecule has 0 unspecified atom stereocenters. The van der Waals surface area contributed by atoms with Gasteiger partial charge in [0, 0.05) is 12.7 Å². The molecular formula is C16H16N2O4S. The summed E-state index contributed by atoms with van der Waals surface area (Å²) >= 11 is 0. The number of hydrogen-bond acceptors (Lipinski definition) is 4. The highest BCUT2D eigenvalue weighted by atomic mass is 32.2. The Balaban J connectivity index is 2.25. The molecule has 7 heteroatoms. The van der Waals surface area contributed by atoms with Gasteiger partial charge in [-0.2, -0.15) is 0 Å². The minimum Gasteiger partial charge on any atom is -0.302 e. The number of rotatable bonds is 2. The van der Waals surface area contributed by atoms with Crippen molar-refractivity contribution in [1.82, 2.24) is 9.78 Å². The van der Waals surface area contributed by atoms with E-state index in [1.165, 1.54) is 10.7 Å². The average molecular weight is 332 g/mol. The highest BCUT2D eigenvalue weighted by molar-refractivity contribution is 7.95. The summed E-state index contributed by atoms with van der Waals surface area (Å²) in [5, 5.41) is 2.89. The number of aryl methyl sites for hydroxylation is 1. The van der Waals surface area contributed by atoms with E-state index in [2.05, 4.69) is 5.10 Å². The minimum absolute atomic E-state index is 0.136. The Morgan fingerprint density at radius 3 is 2.61 bits per heavy atom. The molecule has 6 nitrogen and oxygen atoms in total. The van der Waals surface area contributed by atoms with E-state index in [1.807, 2.05) is 13.8 Å². The molecule has 0 fully saturated rings. The van der Waals surface area contributed by atoms with E-state index in [1.54, 1.807) is 18.2 Å². The van der Waals surface area contributed by atoms with Crippen LogP contribution in [0.2, 0.25) is 0 Å². The van der Waals surface area contributed by atoms with Gasteiger partial charge in [-0.1, -0.05) is 6.07 Å². The standard InChI is InChI=1S/C16H16N2O4S/c1-3-18-16(20)14(8-17-18)12-6-7-15-13(10(12)2)5-4-11(9-19)23(15,21)22/h6-8,17H,3-5H2,1-2H3. The molecule has 1 aliphatic rings. The predicted molar refractivity (Wildman–Crippen MR) is 85.6 cm³/mol. The van der Waals surface area contributed by atoms with Crippen LogP contribution >= 0.6 is 0 Å². The zero-order valence-electron chi connectivity index (χ0n) is 12.8. The van der Waals surface area contributed by atoms with E-state index >= 15 is 0 Å². The second-order valence-electron chi connectivity index (χ2n) is 5.48. The summed E-state index contributed by atoms with van der Waals surface area (Å²) in [4.78, 5) is 23.1. The first-order chi connectivity index (χ1) is 10.9. The Morgan fingerprint density at radius 1 is 1.26 bits per heavy atom. The summed E-state index contributed by atoms with van der Waals surface area (Å²) < 4.78 is 26.2. The van der Waals surface area contributed by atoms with Crippen molar-refractivity contribution in [3.8, 4) is 11.1 Å². The average Bonchev–Trinajstić information content (AvgIpc) is 2.89. The number of H-pyrrole nitrogens is 1. The van der Waals surface area contributed by atoms with E-state index < -0.39 is 9.84 Å². The molecular weight excluding hydrogens is 316 g/mol. The molecule has 2 aromatic rings. The van der Waals surface area contributed by atoms with Crippen molar-refractivity contribution < 1.29 is 13.2 Å². The molecule has 0 aliphatic carbocycles. The lowest BCUT2D eigenvalue weighted by Crippen LogP contribution is -2.18. The number of benzene rings is 1. The monoisotopic (exact) mass is 332 g/mol. The van der Waals surface area contributed by atoms with Gasteiger partial charge in [-0.15, -0.1) is 0 Å². The zero-order chi connectivity index (χ0) is 16.8. The molecule has 1 aliphatic heterocycles. The first-order valence-corrected chi connectivity index (χ1v) is 8.80. The fourth-order valence-corrected chi connectivity index (χ4v) is 4.61. The molecule has 1 N–H and O–H groups in total. The fourth-order valence-electron chi connectivity index (χ4n) is 3.03. The van der Waals surface area contributed by atoms with Gasteiger partial charge in [0.15, 0.2) is 0 Å². The van der Waals surface area contributed by atoms with Crippen molar-refractivity contribution in [2.24, 2.45) is 0 Å². The summed E-state index contributed by atoms with van der Waals surface area (Å²) in [6.07, 6.45) is 2.23. The van der Waals surface area contributed by atoms with Crippen LogP contribution < -0.4 is 5.56 Å². The summed E-state index contributed by atoms with van der Waals surface area (Å²) in [5.41, 5.74) is 2.52. The van der Waals surface area contributed by atoms with Crippen molar-refractivity contribution in [3.63, 3.8) is 0 Å². The van der Waals surface area contributed by atoms with E-state index in [0.717, 1.165) is 5.56 Å². The van der Waals surface area contributed by atoms with Gasteiger partial charge < -0.3 is 5.10 Å². The van der Waals surface area contributed by atoms with Crippen molar-refractivity contribution >= 4 is 15.8 Å². The molecule has 0 bridgehead atoms. The van der Waals surface area contributed by atoms with E-state index in [4.69, 9.17) is 0 Å². The van der Waals surface area contributed by atoms with Crippen LogP contribution in [-0.4, -0.2) is 24.1 Å². The van der Waals surface area contributed by atoms with Crippen molar-refractivity contribution in [3.05, 3.63) is 44.7 Å². The molecule has 120 valence electrons. The third kappa shape index (κ3) is 2.20. The maximum atomic E-state index is 12.4. The first kappa shape index (κ1) is 15.5. The number of nitrogens with one attached hydrogen (secondary N) is 1. The maximum absolute atomic E-state index is 12.4. The van der Waals surface area contributed by atoms with Gasteiger partial charge in [-0.05, 0) is 49.4 Å². The lowest BCUT2D eigenvalue weighted by molar-refractivity contribution is 0.564. The van der Waals surface area contributed by atoms with E-state index in [0.29, 0.717) is 29.7 Å². The molecule has 1 aromatic heterocycles.